The molecule has 102 valence electrons. The average Bonchev–Trinajstić information content (AvgIpc) is 2.79. The Balaban J connectivity index is 2.32. The first-order valence-corrected chi connectivity index (χ1v) is 5.84. The second kappa shape index (κ2) is 5.17. The van der Waals surface area contributed by atoms with E-state index in [0.717, 1.165) is 0 Å². The average molecular weight is 265 g/mol. The number of carboxylic acids is 1. The molecular formula is C13H15NO5. The van der Waals surface area contributed by atoms with Crippen molar-refractivity contribution in [3.8, 4) is 11.5 Å². The Morgan fingerprint density at radius 2 is 2.11 bits per heavy atom. The van der Waals surface area contributed by atoms with E-state index < -0.39 is 17.8 Å². The summed E-state index contributed by atoms with van der Waals surface area (Å²) in [4.78, 5) is 24.4. The smallest absolute Gasteiger partial charge is 0.316 e. The van der Waals surface area contributed by atoms with Crippen molar-refractivity contribution in [1.29, 1.82) is 0 Å². The Hall–Kier alpha value is -2.24. The number of carboxylic acid groups (broad SMARTS) is 1. The number of amides is 1. The standard InChI is InChI=1S/C13H15NO5/c1-18-8-3-4-10(11(7-8)19-2)14-6-5-9(12(14)15)13(16)17/h3-4,7,9H,5-6H2,1-2H3,(H,16,17). The Kier molecular flexibility index (Phi) is 3.59. The van der Waals surface area contributed by atoms with E-state index in [1.807, 2.05) is 0 Å². The number of anilines is 1. The largest absolute Gasteiger partial charge is 0.497 e. The van der Waals surface area contributed by atoms with Gasteiger partial charge in [0.2, 0.25) is 5.91 Å². The minimum absolute atomic E-state index is 0.309. The van der Waals surface area contributed by atoms with Crippen LogP contribution in [0.25, 0.3) is 0 Å². The first kappa shape index (κ1) is 13.2. The van der Waals surface area contributed by atoms with Crippen molar-refractivity contribution in [1.82, 2.24) is 0 Å². The zero-order valence-electron chi connectivity index (χ0n) is 10.8. The number of rotatable bonds is 4. The van der Waals surface area contributed by atoms with E-state index in [1.165, 1.54) is 19.1 Å². The molecule has 1 N–H and O–H groups in total. The molecule has 1 aliphatic heterocycles. The van der Waals surface area contributed by atoms with Crippen LogP contribution in [0.5, 0.6) is 11.5 Å². The maximum atomic E-state index is 12.0. The molecule has 1 fully saturated rings. The molecule has 1 heterocycles. The number of benzene rings is 1. The molecule has 0 spiro atoms. The van der Waals surface area contributed by atoms with Crippen molar-refractivity contribution in [3.05, 3.63) is 18.2 Å². The molecule has 6 nitrogen and oxygen atoms in total. The van der Waals surface area contributed by atoms with Gasteiger partial charge < -0.3 is 19.5 Å². The summed E-state index contributed by atoms with van der Waals surface area (Å²) in [6, 6.07) is 5.07. The van der Waals surface area contributed by atoms with Gasteiger partial charge in [-0.05, 0) is 18.6 Å². The zero-order chi connectivity index (χ0) is 14.0. The van der Waals surface area contributed by atoms with E-state index in [4.69, 9.17) is 14.6 Å². The molecule has 0 bridgehead atoms. The lowest BCUT2D eigenvalue weighted by atomic mass is 10.1. The molecule has 6 heteroatoms. The Morgan fingerprint density at radius 1 is 1.37 bits per heavy atom. The molecule has 0 aliphatic carbocycles. The summed E-state index contributed by atoms with van der Waals surface area (Å²) in [6.07, 6.45) is 0.309. The van der Waals surface area contributed by atoms with Crippen LogP contribution in [0.15, 0.2) is 18.2 Å². The number of methoxy groups -OCH3 is 2. The fraction of sp³-hybridized carbons (Fsp3) is 0.385. The predicted octanol–water partition coefficient (Wildman–Crippen LogP) is 1.14. The summed E-state index contributed by atoms with van der Waals surface area (Å²) >= 11 is 0. The molecule has 19 heavy (non-hydrogen) atoms. The van der Waals surface area contributed by atoms with E-state index in [0.29, 0.717) is 30.2 Å². The molecule has 1 aromatic carbocycles. The number of hydrogen-bond donors (Lipinski definition) is 1. The van der Waals surface area contributed by atoms with Crippen LogP contribution in [0.1, 0.15) is 6.42 Å². The van der Waals surface area contributed by atoms with Gasteiger partial charge in [0.25, 0.3) is 0 Å². The number of carbonyl (C=O) groups excluding carboxylic acids is 1. The Morgan fingerprint density at radius 3 is 2.63 bits per heavy atom. The van der Waals surface area contributed by atoms with Crippen LogP contribution in [0, 0.1) is 5.92 Å². The van der Waals surface area contributed by atoms with Crippen LogP contribution in [-0.4, -0.2) is 37.7 Å². The third kappa shape index (κ3) is 2.33. The van der Waals surface area contributed by atoms with Crippen LogP contribution in [0.4, 0.5) is 5.69 Å². The van der Waals surface area contributed by atoms with E-state index in [-0.39, 0.29) is 0 Å². The minimum atomic E-state index is -1.08. The second-order valence-electron chi connectivity index (χ2n) is 4.21. The molecule has 2 rings (SSSR count). The van der Waals surface area contributed by atoms with Gasteiger partial charge in [-0.15, -0.1) is 0 Å². The first-order chi connectivity index (χ1) is 9.08. The van der Waals surface area contributed by atoms with Crippen LogP contribution in [-0.2, 0) is 9.59 Å². The lowest BCUT2D eigenvalue weighted by Gasteiger charge is -2.19. The highest BCUT2D eigenvalue weighted by molar-refractivity contribution is 6.08. The number of ether oxygens (including phenoxy) is 2. The van der Waals surface area contributed by atoms with E-state index in [9.17, 15) is 9.59 Å². The summed E-state index contributed by atoms with van der Waals surface area (Å²) in [5.41, 5.74) is 0.567. The SMILES string of the molecule is COc1ccc(N2CCC(C(=O)O)C2=O)c(OC)c1. The summed E-state index contributed by atoms with van der Waals surface area (Å²) in [7, 11) is 3.03. The fourth-order valence-corrected chi connectivity index (χ4v) is 2.16. The third-order valence-corrected chi connectivity index (χ3v) is 3.18. The quantitative estimate of drug-likeness (QED) is 0.826. The Labute approximate surface area is 110 Å². The topological polar surface area (TPSA) is 76.1 Å². The molecule has 1 aliphatic rings. The van der Waals surface area contributed by atoms with Gasteiger partial charge in [0.1, 0.15) is 17.4 Å². The van der Waals surface area contributed by atoms with Crippen LogP contribution < -0.4 is 14.4 Å². The lowest BCUT2D eigenvalue weighted by Crippen LogP contribution is -2.30. The van der Waals surface area contributed by atoms with Gasteiger partial charge in [-0.25, -0.2) is 0 Å². The van der Waals surface area contributed by atoms with Gasteiger partial charge in [0.15, 0.2) is 0 Å². The van der Waals surface area contributed by atoms with Crippen molar-refractivity contribution in [2.45, 2.75) is 6.42 Å². The lowest BCUT2D eigenvalue weighted by molar-refractivity contribution is -0.144. The van der Waals surface area contributed by atoms with Gasteiger partial charge in [-0.1, -0.05) is 0 Å². The summed E-state index contributed by atoms with van der Waals surface area (Å²) < 4.78 is 10.3. The van der Waals surface area contributed by atoms with Gasteiger partial charge in [-0.2, -0.15) is 0 Å². The normalized spacial score (nSPS) is 18.5. The molecule has 1 saturated heterocycles. The van der Waals surface area contributed by atoms with Crippen molar-refractivity contribution >= 4 is 17.6 Å². The highest BCUT2D eigenvalue weighted by Gasteiger charge is 2.38. The Bertz CT molecular complexity index is 514. The van der Waals surface area contributed by atoms with Crippen molar-refractivity contribution in [3.63, 3.8) is 0 Å². The van der Waals surface area contributed by atoms with Crippen LogP contribution >= 0.6 is 0 Å². The fourth-order valence-electron chi connectivity index (χ4n) is 2.16. The van der Waals surface area contributed by atoms with Gasteiger partial charge >= 0.3 is 5.97 Å². The third-order valence-electron chi connectivity index (χ3n) is 3.18. The molecule has 1 unspecified atom stereocenters. The van der Waals surface area contributed by atoms with Gasteiger partial charge in [0.05, 0.1) is 19.9 Å². The molecule has 1 atom stereocenters. The summed E-state index contributed by atoms with van der Waals surface area (Å²) in [6.45, 7) is 0.374. The van der Waals surface area contributed by atoms with Crippen molar-refractivity contribution < 1.29 is 24.2 Å². The predicted molar refractivity (Wildman–Crippen MR) is 67.6 cm³/mol. The summed E-state index contributed by atoms with van der Waals surface area (Å²) in [5.74, 6) is -1.36. The maximum Gasteiger partial charge on any atom is 0.316 e. The molecule has 0 aromatic heterocycles. The molecule has 0 radical (unpaired) electrons. The number of hydrogen-bond acceptors (Lipinski definition) is 4. The first-order valence-electron chi connectivity index (χ1n) is 5.84. The number of carbonyl (C=O) groups is 2. The number of aliphatic carboxylic acids is 1. The van der Waals surface area contributed by atoms with E-state index in [2.05, 4.69) is 0 Å². The van der Waals surface area contributed by atoms with Gasteiger partial charge in [-0.3, -0.25) is 9.59 Å². The highest BCUT2D eigenvalue weighted by atomic mass is 16.5. The van der Waals surface area contributed by atoms with Crippen molar-refractivity contribution in [2.24, 2.45) is 5.92 Å². The molecule has 1 aromatic rings. The minimum Gasteiger partial charge on any atom is -0.497 e. The van der Waals surface area contributed by atoms with E-state index in [1.54, 1.807) is 18.2 Å². The van der Waals surface area contributed by atoms with Crippen LogP contribution in [0.3, 0.4) is 0 Å². The summed E-state index contributed by atoms with van der Waals surface area (Å²) in [5, 5.41) is 8.96. The monoisotopic (exact) mass is 265 g/mol. The molecule has 0 saturated carbocycles. The second-order valence-corrected chi connectivity index (χ2v) is 4.21. The number of nitrogens with zero attached hydrogens (tertiary/aromatic N) is 1. The molecule has 1 amide bonds. The maximum absolute atomic E-state index is 12.0. The highest BCUT2D eigenvalue weighted by Crippen LogP contribution is 2.35. The van der Waals surface area contributed by atoms with Crippen molar-refractivity contribution in [2.75, 3.05) is 25.7 Å². The zero-order valence-corrected chi connectivity index (χ0v) is 10.8. The van der Waals surface area contributed by atoms with Crippen LogP contribution in [0.2, 0.25) is 0 Å². The molecular weight excluding hydrogens is 250 g/mol. The van der Waals surface area contributed by atoms with E-state index >= 15 is 0 Å². The van der Waals surface area contributed by atoms with Gasteiger partial charge in [0, 0.05) is 12.6 Å².